The zero-order valence-electron chi connectivity index (χ0n) is 17.0. The second kappa shape index (κ2) is 8.69. The molecule has 5 nitrogen and oxygen atoms in total. The van der Waals surface area contributed by atoms with Gasteiger partial charge in [-0.2, -0.15) is 0 Å². The number of hydrogen-bond acceptors (Lipinski definition) is 3. The van der Waals surface area contributed by atoms with E-state index in [2.05, 4.69) is 4.98 Å². The fourth-order valence-corrected chi connectivity index (χ4v) is 4.25. The van der Waals surface area contributed by atoms with Gasteiger partial charge in [-0.1, -0.05) is 30.3 Å². The highest BCUT2D eigenvalue weighted by Gasteiger charge is 2.28. The number of aryl methyl sites for hydroxylation is 1. The number of piperidine rings is 1. The summed E-state index contributed by atoms with van der Waals surface area (Å²) in [5, 5.41) is 0.811. The SMILES string of the molecule is COC(=O)C1CCN(C(=O)CCc2c(-c3ccccc3)[nH]c3ccc(F)cc23)CC1. The number of fused-ring (bicyclic) bond motifs is 1. The summed E-state index contributed by atoms with van der Waals surface area (Å²) in [5.41, 5.74) is 3.74. The Balaban J connectivity index is 1.52. The van der Waals surface area contributed by atoms with E-state index >= 15 is 0 Å². The number of carbonyl (C=O) groups is 2. The average Bonchev–Trinajstić information content (AvgIpc) is 3.15. The molecule has 3 aromatic rings. The number of aromatic nitrogens is 1. The fraction of sp³-hybridized carbons (Fsp3) is 0.333. The van der Waals surface area contributed by atoms with Crippen LogP contribution in [0.3, 0.4) is 0 Å². The highest BCUT2D eigenvalue weighted by atomic mass is 19.1. The summed E-state index contributed by atoms with van der Waals surface area (Å²) in [6, 6.07) is 14.6. The smallest absolute Gasteiger partial charge is 0.308 e. The lowest BCUT2D eigenvalue weighted by Crippen LogP contribution is -2.40. The number of nitrogens with one attached hydrogen (secondary N) is 1. The Labute approximate surface area is 174 Å². The number of amides is 1. The van der Waals surface area contributed by atoms with Gasteiger partial charge in [0.2, 0.25) is 5.91 Å². The molecule has 30 heavy (non-hydrogen) atoms. The van der Waals surface area contributed by atoms with Crippen molar-refractivity contribution in [3.05, 3.63) is 59.9 Å². The Bertz CT molecular complexity index is 1050. The maximum atomic E-state index is 13.9. The first kappa shape index (κ1) is 20.1. The maximum absolute atomic E-state index is 13.9. The normalized spacial score (nSPS) is 14.8. The summed E-state index contributed by atoms with van der Waals surface area (Å²) in [5.74, 6) is -0.558. The van der Waals surface area contributed by atoms with E-state index in [-0.39, 0.29) is 23.6 Å². The molecule has 1 aliphatic heterocycles. The van der Waals surface area contributed by atoms with Crippen molar-refractivity contribution in [2.24, 2.45) is 5.92 Å². The minimum absolute atomic E-state index is 0.0584. The third-order valence-electron chi connectivity index (χ3n) is 5.90. The minimum atomic E-state index is -0.293. The van der Waals surface area contributed by atoms with Gasteiger partial charge in [0.25, 0.3) is 0 Å². The zero-order valence-corrected chi connectivity index (χ0v) is 17.0. The molecule has 1 saturated heterocycles. The Kier molecular flexibility index (Phi) is 5.84. The van der Waals surface area contributed by atoms with Gasteiger partial charge in [0.05, 0.1) is 13.0 Å². The maximum Gasteiger partial charge on any atom is 0.308 e. The van der Waals surface area contributed by atoms with Gasteiger partial charge in [-0.25, -0.2) is 4.39 Å². The number of carbonyl (C=O) groups excluding carboxylic acids is 2. The molecule has 1 aliphatic rings. The van der Waals surface area contributed by atoms with Crippen LogP contribution in [0.15, 0.2) is 48.5 Å². The monoisotopic (exact) mass is 408 g/mol. The second-order valence-corrected chi connectivity index (χ2v) is 7.71. The molecule has 0 bridgehead atoms. The van der Waals surface area contributed by atoms with E-state index in [0.29, 0.717) is 38.8 Å². The summed E-state index contributed by atoms with van der Waals surface area (Å²) in [6.45, 7) is 1.12. The van der Waals surface area contributed by atoms with Gasteiger partial charge in [-0.05, 0) is 48.6 Å². The lowest BCUT2D eigenvalue weighted by atomic mass is 9.96. The number of hydrogen-bond donors (Lipinski definition) is 1. The lowest BCUT2D eigenvalue weighted by molar-refractivity contribution is -0.148. The molecule has 1 N–H and O–H groups in total. The Morgan fingerprint density at radius 3 is 2.57 bits per heavy atom. The minimum Gasteiger partial charge on any atom is -0.469 e. The third-order valence-corrected chi connectivity index (χ3v) is 5.90. The first-order chi connectivity index (χ1) is 14.6. The van der Waals surface area contributed by atoms with Crippen LogP contribution in [-0.4, -0.2) is 42.0 Å². The number of nitrogens with zero attached hydrogens (tertiary/aromatic N) is 1. The predicted molar refractivity (Wildman–Crippen MR) is 113 cm³/mol. The molecule has 4 rings (SSSR count). The molecule has 1 amide bonds. The number of methoxy groups -OCH3 is 1. The molecule has 2 heterocycles. The molecule has 2 aromatic carbocycles. The lowest BCUT2D eigenvalue weighted by Gasteiger charge is -2.30. The van der Waals surface area contributed by atoms with Crippen molar-refractivity contribution in [3.63, 3.8) is 0 Å². The molecule has 0 radical (unpaired) electrons. The van der Waals surface area contributed by atoms with Crippen LogP contribution in [0.1, 0.15) is 24.8 Å². The topological polar surface area (TPSA) is 62.4 Å². The summed E-state index contributed by atoms with van der Waals surface area (Å²) in [7, 11) is 1.40. The summed E-state index contributed by atoms with van der Waals surface area (Å²) in [4.78, 5) is 29.7. The van der Waals surface area contributed by atoms with E-state index in [9.17, 15) is 14.0 Å². The fourth-order valence-electron chi connectivity index (χ4n) is 4.25. The van der Waals surface area contributed by atoms with Gasteiger partial charge < -0.3 is 14.6 Å². The molecule has 0 spiro atoms. The average molecular weight is 408 g/mol. The Morgan fingerprint density at radius 1 is 1.13 bits per heavy atom. The van der Waals surface area contributed by atoms with Gasteiger partial charge in [0.15, 0.2) is 0 Å². The first-order valence-electron chi connectivity index (χ1n) is 10.3. The van der Waals surface area contributed by atoms with E-state index in [1.165, 1.54) is 19.2 Å². The van der Waals surface area contributed by atoms with Gasteiger partial charge in [0.1, 0.15) is 5.82 Å². The van der Waals surface area contributed by atoms with Crippen LogP contribution in [0.4, 0.5) is 4.39 Å². The van der Waals surface area contributed by atoms with Gasteiger partial charge >= 0.3 is 5.97 Å². The summed E-state index contributed by atoms with van der Waals surface area (Å²) >= 11 is 0. The molecular weight excluding hydrogens is 383 g/mol. The molecule has 6 heteroatoms. The van der Waals surface area contributed by atoms with Crippen molar-refractivity contribution in [2.75, 3.05) is 20.2 Å². The van der Waals surface area contributed by atoms with Crippen molar-refractivity contribution >= 4 is 22.8 Å². The van der Waals surface area contributed by atoms with E-state index in [1.54, 1.807) is 6.07 Å². The van der Waals surface area contributed by atoms with Gasteiger partial charge in [0, 0.05) is 36.1 Å². The predicted octanol–water partition coefficient (Wildman–Crippen LogP) is 4.32. The van der Waals surface area contributed by atoms with Crippen LogP contribution >= 0.6 is 0 Å². The van der Waals surface area contributed by atoms with Crippen LogP contribution in [0.25, 0.3) is 22.2 Å². The number of esters is 1. The second-order valence-electron chi connectivity index (χ2n) is 7.71. The number of benzene rings is 2. The molecule has 0 saturated carbocycles. The third kappa shape index (κ3) is 4.08. The number of rotatable bonds is 5. The molecule has 0 aliphatic carbocycles. The number of aromatic amines is 1. The summed E-state index contributed by atoms with van der Waals surface area (Å²) in [6.07, 6.45) is 2.12. The largest absolute Gasteiger partial charge is 0.469 e. The first-order valence-corrected chi connectivity index (χ1v) is 10.3. The molecule has 1 aromatic heterocycles. The highest BCUT2D eigenvalue weighted by Crippen LogP contribution is 2.32. The standard InChI is InChI=1S/C24H25FN2O3/c1-30-24(29)17-11-13-27(14-12-17)22(28)10-8-19-20-15-18(25)7-9-21(20)26-23(19)16-5-3-2-4-6-16/h2-7,9,15,17,26H,8,10-14H2,1H3. The quantitative estimate of drug-likeness (QED) is 0.640. The molecule has 0 unspecified atom stereocenters. The van der Waals surface area contributed by atoms with Gasteiger partial charge in [-0.15, -0.1) is 0 Å². The molecular formula is C24H25FN2O3. The number of H-pyrrole nitrogens is 1. The van der Waals surface area contributed by atoms with Crippen LogP contribution in [-0.2, 0) is 20.7 Å². The van der Waals surface area contributed by atoms with Crippen molar-refractivity contribution in [2.45, 2.75) is 25.7 Å². The van der Waals surface area contributed by atoms with Crippen molar-refractivity contribution in [3.8, 4) is 11.3 Å². The van der Waals surface area contributed by atoms with Crippen molar-refractivity contribution < 1.29 is 18.7 Å². The van der Waals surface area contributed by atoms with E-state index < -0.39 is 0 Å². The molecule has 156 valence electrons. The zero-order chi connectivity index (χ0) is 21.1. The van der Waals surface area contributed by atoms with Gasteiger partial charge in [-0.3, -0.25) is 9.59 Å². The van der Waals surface area contributed by atoms with E-state index in [1.807, 2.05) is 35.2 Å². The van der Waals surface area contributed by atoms with Crippen molar-refractivity contribution in [1.82, 2.24) is 9.88 Å². The Morgan fingerprint density at radius 2 is 1.87 bits per heavy atom. The Hall–Kier alpha value is -3.15. The number of ether oxygens (including phenoxy) is 1. The number of likely N-dealkylation sites (tertiary alicyclic amines) is 1. The number of halogens is 1. The van der Waals surface area contributed by atoms with E-state index in [4.69, 9.17) is 4.74 Å². The summed E-state index contributed by atoms with van der Waals surface area (Å²) < 4.78 is 18.7. The van der Waals surface area contributed by atoms with Crippen LogP contribution in [0.2, 0.25) is 0 Å². The van der Waals surface area contributed by atoms with Crippen LogP contribution < -0.4 is 0 Å². The molecule has 1 fully saturated rings. The van der Waals surface area contributed by atoms with Crippen LogP contribution in [0, 0.1) is 11.7 Å². The van der Waals surface area contributed by atoms with E-state index in [0.717, 1.165) is 27.7 Å². The highest BCUT2D eigenvalue weighted by molar-refractivity contribution is 5.91. The molecule has 0 atom stereocenters. The van der Waals surface area contributed by atoms with Crippen LogP contribution in [0.5, 0.6) is 0 Å². The van der Waals surface area contributed by atoms with Crippen molar-refractivity contribution in [1.29, 1.82) is 0 Å².